The van der Waals surface area contributed by atoms with Crippen molar-refractivity contribution in [3.05, 3.63) is 35.6 Å². The summed E-state index contributed by atoms with van der Waals surface area (Å²) < 4.78 is 13.7. The maximum Gasteiger partial charge on any atom is 0.317 e. The van der Waals surface area contributed by atoms with Gasteiger partial charge in [-0.25, -0.2) is 9.18 Å². The summed E-state index contributed by atoms with van der Waals surface area (Å²) in [4.78, 5) is 29.3. The minimum Gasteiger partial charge on any atom is -0.338 e. The third kappa shape index (κ3) is 6.06. The van der Waals surface area contributed by atoms with Crippen LogP contribution in [0, 0.1) is 17.7 Å². The molecule has 0 saturated carbocycles. The lowest BCUT2D eigenvalue weighted by Crippen LogP contribution is -2.54. The molecule has 0 spiro atoms. The minimum atomic E-state index is -0.291. The average Bonchev–Trinajstić information content (AvgIpc) is 2.71. The van der Waals surface area contributed by atoms with Gasteiger partial charge in [0, 0.05) is 39.3 Å². The molecule has 162 valence electrons. The monoisotopic (exact) mass is 426 g/mol. The normalized spacial score (nSPS) is 22.2. The Kier molecular flexibility index (Phi) is 8.71. The molecule has 2 heterocycles. The number of rotatable bonds is 4. The van der Waals surface area contributed by atoms with Crippen LogP contribution in [0.15, 0.2) is 24.3 Å². The first kappa shape index (κ1) is 23.4. The van der Waals surface area contributed by atoms with Gasteiger partial charge in [-0.15, -0.1) is 12.4 Å². The van der Waals surface area contributed by atoms with E-state index < -0.39 is 0 Å². The van der Waals surface area contributed by atoms with E-state index in [9.17, 15) is 14.0 Å². The number of urea groups is 1. The molecule has 2 aliphatic rings. The van der Waals surface area contributed by atoms with Crippen LogP contribution < -0.4 is 10.6 Å². The van der Waals surface area contributed by atoms with Gasteiger partial charge in [0.25, 0.3) is 0 Å². The van der Waals surface area contributed by atoms with Gasteiger partial charge in [0.2, 0.25) is 5.91 Å². The van der Waals surface area contributed by atoms with Crippen molar-refractivity contribution in [1.29, 1.82) is 0 Å². The fourth-order valence-corrected chi connectivity index (χ4v) is 3.98. The molecule has 3 rings (SSSR count). The van der Waals surface area contributed by atoms with Crippen molar-refractivity contribution in [3.63, 3.8) is 0 Å². The Morgan fingerprint density at radius 3 is 2.83 bits per heavy atom. The first-order valence-electron chi connectivity index (χ1n) is 10.2. The molecular formula is C21H32ClFN4O2. The van der Waals surface area contributed by atoms with E-state index in [1.807, 2.05) is 11.0 Å². The van der Waals surface area contributed by atoms with Gasteiger partial charge in [-0.05, 0) is 36.5 Å². The molecule has 2 fully saturated rings. The number of nitrogens with one attached hydrogen (secondary N) is 2. The molecular weight excluding hydrogens is 395 g/mol. The van der Waals surface area contributed by atoms with E-state index in [4.69, 9.17) is 0 Å². The van der Waals surface area contributed by atoms with E-state index >= 15 is 0 Å². The molecule has 6 nitrogen and oxygen atoms in total. The molecule has 3 amide bonds. The van der Waals surface area contributed by atoms with Crippen molar-refractivity contribution in [2.75, 3.05) is 39.3 Å². The molecule has 0 radical (unpaired) electrons. The fraction of sp³-hybridized carbons (Fsp3) is 0.619. The van der Waals surface area contributed by atoms with Gasteiger partial charge in [-0.2, -0.15) is 0 Å². The largest absolute Gasteiger partial charge is 0.338 e. The minimum absolute atomic E-state index is 0. The van der Waals surface area contributed by atoms with E-state index in [2.05, 4.69) is 24.5 Å². The van der Waals surface area contributed by atoms with Crippen LogP contribution in [-0.4, -0.2) is 61.0 Å². The molecule has 8 heteroatoms. The predicted octanol–water partition coefficient (Wildman–Crippen LogP) is 2.80. The number of benzene rings is 1. The number of halogens is 2. The van der Waals surface area contributed by atoms with Crippen LogP contribution in [0.25, 0.3) is 0 Å². The van der Waals surface area contributed by atoms with Gasteiger partial charge in [0.1, 0.15) is 5.82 Å². The summed E-state index contributed by atoms with van der Waals surface area (Å²) >= 11 is 0. The fourth-order valence-electron chi connectivity index (χ4n) is 3.98. The van der Waals surface area contributed by atoms with Crippen molar-refractivity contribution in [2.24, 2.45) is 11.8 Å². The zero-order valence-electron chi connectivity index (χ0n) is 17.2. The Morgan fingerprint density at radius 1 is 1.31 bits per heavy atom. The molecule has 29 heavy (non-hydrogen) atoms. The Balaban J connectivity index is 0.00000300. The third-order valence-electron chi connectivity index (χ3n) is 5.48. The number of amides is 3. The number of carbonyl (C=O) groups excluding carboxylic acids is 2. The molecule has 1 aromatic rings. The molecule has 0 aromatic heterocycles. The maximum atomic E-state index is 13.7. The van der Waals surface area contributed by atoms with Crippen molar-refractivity contribution in [2.45, 2.75) is 32.7 Å². The van der Waals surface area contributed by atoms with Gasteiger partial charge in [0.05, 0.1) is 12.0 Å². The number of likely N-dealkylation sites (tertiary alicyclic amines) is 1. The van der Waals surface area contributed by atoms with Crippen LogP contribution in [0.5, 0.6) is 0 Å². The molecule has 0 bridgehead atoms. The molecule has 2 unspecified atom stereocenters. The lowest BCUT2D eigenvalue weighted by atomic mass is 9.94. The number of piperidine rings is 1. The zero-order chi connectivity index (χ0) is 20.1. The standard InChI is InChI=1S/C21H31FN4O2.ClH/c1-15(2)12-24-21(28)25-9-4-6-17(14-25)20(27)26-10-8-23-13-19(26)16-5-3-7-18(22)11-16;/h3,5,7,11,15,17,19,23H,4,6,8-10,12-14H2,1-2H3,(H,24,28);1H. The Bertz CT molecular complexity index is 703. The molecule has 2 atom stereocenters. The van der Waals surface area contributed by atoms with Crippen LogP contribution in [0.1, 0.15) is 38.3 Å². The number of carbonyl (C=O) groups is 2. The summed E-state index contributed by atoms with van der Waals surface area (Å²) in [5.41, 5.74) is 0.808. The van der Waals surface area contributed by atoms with E-state index in [0.717, 1.165) is 24.9 Å². The second-order valence-electron chi connectivity index (χ2n) is 8.17. The maximum absolute atomic E-state index is 13.7. The van der Waals surface area contributed by atoms with E-state index in [0.29, 0.717) is 38.6 Å². The van der Waals surface area contributed by atoms with E-state index in [1.165, 1.54) is 12.1 Å². The van der Waals surface area contributed by atoms with Crippen LogP contribution in [0.3, 0.4) is 0 Å². The van der Waals surface area contributed by atoms with Crippen molar-refractivity contribution < 1.29 is 14.0 Å². The Labute approximate surface area is 178 Å². The van der Waals surface area contributed by atoms with Crippen LogP contribution in [0.2, 0.25) is 0 Å². The summed E-state index contributed by atoms with van der Waals surface area (Å²) in [6.45, 7) is 7.80. The average molecular weight is 427 g/mol. The quantitative estimate of drug-likeness (QED) is 0.778. The third-order valence-corrected chi connectivity index (χ3v) is 5.48. The highest BCUT2D eigenvalue weighted by atomic mass is 35.5. The number of nitrogens with zero attached hydrogens (tertiary/aromatic N) is 2. The SMILES string of the molecule is CC(C)CNC(=O)N1CCCC(C(=O)N2CCNCC2c2cccc(F)c2)C1.Cl. The van der Waals surface area contributed by atoms with Gasteiger partial charge in [-0.3, -0.25) is 4.79 Å². The van der Waals surface area contributed by atoms with Gasteiger partial charge in [0.15, 0.2) is 0 Å². The Hall–Kier alpha value is -1.86. The lowest BCUT2D eigenvalue weighted by molar-refractivity contribution is -0.140. The lowest BCUT2D eigenvalue weighted by Gasteiger charge is -2.41. The van der Waals surface area contributed by atoms with Crippen LogP contribution >= 0.6 is 12.4 Å². The number of hydrogen-bond donors (Lipinski definition) is 2. The molecule has 0 aliphatic carbocycles. The summed E-state index contributed by atoms with van der Waals surface area (Å²) in [6, 6.07) is 6.21. The van der Waals surface area contributed by atoms with E-state index in [1.54, 1.807) is 11.0 Å². The first-order chi connectivity index (χ1) is 13.5. The van der Waals surface area contributed by atoms with Gasteiger partial charge >= 0.3 is 6.03 Å². The second-order valence-corrected chi connectivity index (χ2v) is 8.17. The van der Waals surface area contributed by atoms with Crippen LogP contribution in [-0.2, 0) is 4.79 Å². The van der Waals surface area contributed by atoms with Gasteiger partial charge < -0.3 is 20.4 Å². The zero-order valence-corrected chi connectivity index (χ0v) is 18.0. The summed E-state index contributed by atoms with van der Waals surface area (Å²) in [6.07, 6.45) is 1.61. The highest BCUT2D eigenvalue weighted by molar-refractivity contribution is 5.85. The van der Waals surface area contributed by atoms with Crippen molar-refractivity contribution in [1.82, 2.24) is 20.4 Å². The number of piperazine rings is 1. The van der Waals surface area contributed by atoms with Gasteiger partial charge in [-0.1, -0.05) is 26.0 Å². The number of hydrogen-bond acceptors (Lipinski definition) is 3. The topological polar surface area (TPSA) is 64.7 Å². The van der Waals surface area contributed by atoms with Crippen molar-refractivity contribution in [3.8, 4) is 0 Å². The summed E-state index contributed by atoms with van der Waals surface area (Å²) in [5.74, 6) is -0.0370. The first-order valence-corrected chi connectivity index (χ1v) is 10.2. The molecule has 1 aromatic carbocycles. The summed E-state index contributed by atoms with van der Waals surface area (Å²) in [7, 11) is 0. The second kappa shape index (κ2) is 10.8. The predicted molar refractivity (Wildman–Crippen MR) is 114 cm³/mol. The van der Waals surface area contributed by atoms with E-state index in [-0.39, 0.29) is 42.1 Å². The van der Waals surface area contributed by atoms with Crippen molar-refractivity contribution >= 4 is 24.3 Å². The highest BCUT2D eigenvalue weighted by Crippen LogP contribution is 2.27. The Morgan fingerprint density at radius 2 is 2.10 bits per heavy atom. The summed E-state index contributed by atoms with van der Waals surface area (Å²) in [5, 5.41) is 6.25. The smallest absolute Gasteiger partial charge is 0.317 e. The molecule has 2 saturated heterocycles. The van der Waals surface area contributed by atoms with Crippen LogP contribution in [0.4, 0.5) is 9.18 Å². The molecule has 2 N–H and O–H groups in total. The molecule has 2 aliphatic heterocycles. The highest BCUT2D eigenvalue weighted by Gasteiger charge is 2.35.